The zero-order chi connectivity index (χ0) is 31.1. The summed E-state index contributed by atoms with van der Waals surface area (Å²) in [5.74, 6) is -0.951. The van der Waals surface area contributed by atoms with Gasteiger partial charge in [-0.05, 0) is 73.9 Å². The second-order valence-electron chi connectivity index (χ2n) is 10.4. The molecule has 0 aromatic heterocycles. The minimum absolute atomic E-state index is 0.158. The van der Waals surface area contributed by atoms with Gasteiger partial charge in [0.05, 0.1) is 23.2 Å². The fourth-order valence-electron chi connectivity index (χ4n) is 4.11. The van der Waals surface area contributed by atoms with Crippen LogP contribution in [0.25, 0.3) is 11.1 Å². The van der Waals surface area contributed by atoms with Gasteiger partial charge in [0, 0.05) is 13.0 Å². The summed E-state index contributed by atoms with van der Waals surface area (Å²) in [6.07, 6.45) is -18.5. The fourth-order valence-corrected chi connectivity index (χ4v) is 4.11. The third kappa shape index (κ3) is 8.26. The molecule has 1 aliphatic rings. The van der Waals surface area contributed by atoms with Crippen molar-refractivity contribution in [1.82, 2.24) is 10.2 Å². The van der Waals surface area contributed by atoms with Gasteiger partial charge in [-0.25, -0.2) is 9.18 Å². The molecule has 0 aliphatic carbocycles. The molecule has 3 rings (SSSR count). The van der Waals surface area contributed by atoms with Crippen LogP contribution in [0.3, 0.4) is 0 Å². The number of nitrogens with one attached hydrogen (secondary N) is 1. The number of rotatable bonds is 4. The van der Waals surface area contributed by atoms with E-state index in [0.29, 0.717) is 12.1 Å². The van der Waals surface area contributed by atoms with Crippen molar-refractivity contribution in [2.24, 2.45) is 0 Å². The van der Waals surface area contributed by atoms with Crippen molar-refractivity contribution < 1.29 is 58.2 Å². The second kappa shape index (κ2) is 11.0. The van der Waals surface area contributed by atoms with E-state index in [9.17, 15) is 53.5 Å². The molecule has 0 bridgehead atoms. The highest BCUT2D eigenvalue weighted by Gasteiger charge is 2.42. The summed E-state index contributed by atoms with van der Waals surface area (Å²) < 4.78 is 140. The van der Waals surface area contributed by atoms with Gasteiger partial charge in [-0.3, -0.25) is 9.69 Å². The summed E-state index contributed by atoms with van der Waals surface area (Å²) in [7, 11) is 0. The van der Waals surface area contributed by atoms with E-state index in [1.807, 2.05) is 0 Å². The van der Waals surface area contributed by atoms with E-state index >= 15 is 0 Å². The molecule has 1 N–H and O–H groups in total. The van der Waals surface area contributed by atoms with Crippen LogP contribution in [-0.2, 0) is 34.6 Å². The Kier molecular flexibility index (Phi) is 8.62. The van der Waals surface area contributed by atoms with Gasteiger partial charge in [0.1, 0.15) is 17.8 Å². The van der Waals surface area contributed by atoms with Gasteiger partial charge in [-0.15, -0.1) is 0 Å². The number of alkyl halides is 10. The van der Waals surface area contributed by atoms with E-state index in [1.165, 1.54) is 20.8 Å². The zero-order valence-electron chi connectivity index (χ0n) is 21.7. The van der Waals surface area contributed by atoms with Crippen molar-refractivity contribution in [2.45, 2.75) is 70.1 Å². The molecule has 0 radical (unpaired) electrons. The van der Waals surface area contributed by atoms with E-state index in [0.717, 1.165) is 11.0 Å². The SMILES string of the molecule is CC(C)(C)OC(=O)N1CC(F)CC1C(=O)NCc1cc(-c2cc(C(F)(F)F)cc(C(F)(F)F)c2)cc(C(F)(F)F)c1. The summed E-state index contributed by atoms with van der Waals surface area (Å²) in [4.78, 5) is 26.0. The zero-order valence-corrected chi connectivity index (χ0v) is 21.7. The third-order valence-electron chi connectivity index (χ3n) is 5.89. The van der Waals surface area contributed by atoms with Crippen LogP contribution in [0.4, 0.5) is 48.7 Å². The van der Waals surface area contributed by atoms with Gasteiger partial charge in [-0.1, -0.05) is 0 Å². The molecule has 2 atom stereocenters. The quantitative estimate of drug-likeness (QED) is 0.372. The maximum atomic E-state index is 14.1. The normalized spacial score (nSPS) is 18.4. The number of amides is 2. The molecule has 2 amide bonds. The second-order valence-corrected chi connectivity index (χ2v) is 10.4. The van der Waals surface area contributed by atoms with Crippen LogP contribution in [0, 0.1) is 0 Å². The molecule has 1 fully saturated rings. The lowest BCUT2D eigenvalue weighted by Gasteiger charge is -2.27. The first-order valence-electron chi connectivity index (χ1n) is 12.0. The number of likely N-dealkylation sites (tertiary alicyclic amines) is 1. The number of ether oxygens (including phenoxy) is 1. The maximum absolute atomic E-state index is 14.1. The van der Waals surface area contributed by atoms with Gasteiger partial charge in [0.2, 0.25) is 5.91 Å². The Balaban J connectivity index is 1.96. The lowest BCUT2D eigenvalue weighted by Crippen LogP contribution is -2.47. The molecule has 1 heterocycles. The number of hydrogen-bond donors (Lipinski definition) is 1. The first kappa shape index (κ1) is 32.0. The fraction of sp³-hybridized carbons (Fsp3) is 0.462. The van der Waals surface area contributed by atoms with Crippen LogP contribution >= 0.6 is 0 Å². The van der Waals surface area contributed by atoms with Crippen molar-refractivity contribution in [3.05, 3.63) is 58.7 Å². The third-order valence-corrected chi connectivity index (χ3v) is 5.89. The highest BCUT2D eigenvalue weighted by Crippen LogP contribution is 2.40. The Morgan fingerprint density at radius 1 is 0.805 bits per heavy atom. The molecular formula is C26H24F10N2O3. The summed E-state index contributed by atoms with van der Waals surface area (Å²) >= 11 is 0. The lowest BCUT2D eigenvalue weighted by molar-refractivity contribution is -0.143. The predicted octanol–water partition coefficient (Wildman–Crippen LogP) is 7.37. The molecule has 0 spiro atoms. The molecular weight excluding hydrogens is 578 g/mol. The molecule has 1 aliphatic heterocycles. The monoisotopic (exact) mass is 602 g/mol. The first-order chi connectivity index (χ1) is 18.5. The van der Waals surface area contributed by atoms with Gasteiger partial charge in [0.15, 0.2) is 0 Å². The summed E-state index contributed by atoms with van der Waals surface area (Å²) in [5.41, 5.74) is -7.56. The Morgan fingerprint density at radius 3 is 1.73 bits per heavy atom. The van der Waals surface area contributed by atoms with Crippen LogP contribution in [0.1, 0.15) is 49.4 Å². The van der Waals surface area contributed by atoms with Gasteiger partial charge in [-0.2, -0.15) is 39.5 Å². The van der Waals surface area contributed by atoms with E-state index < -0.39 is 95.7 Å². The van der Waals surface area contributed by atoms with Crippen molar-refractivity contribution >= 4 is 12.0 Å². The van der Waals surface area contributed by atoms with E-state index in [4.69, 9.17) is 4.74 Å². The average Bonchev–Trinajstić information content (AvgIpc) is 3.21. The number of hydrogen-bond acceptors (Lipinski definition) is 3. The smallest absolute Gasteiger partial charge is 0.416 e. The molecule has 1 saturated heterocycles. The Morgan fingerprint density at radius 2 is 1.27 bits per heavy atom. The Labute approximate surface area is 227 Å². The van der Waals surface area contributed by atoms with E-state index in [1.54, 1.807) is 0 Å². The van der Waals surface area contributed by atoms with Gasteiger partial charge < -0.3 is 10.1 Å². The highest BCUT2D eigenvalue weighted by atomic mass is 19.4. The summed E-state index contributed by atoms with van der Waals surface area (Å²) in [6.45, 7) is 3.47. The molecule has 2 unspecified atom stereocenters. The highest BCUT2D eigenvalue weighted by molar-refractivity contribution is 5.86. The molecule has 41 heavy (non-hydrogen) atoms. The van der Waals surface area contributed by atoms with Gasteiger partial charge in [0.25, 0.3) is 0 Å². The van der Waals surface area contributed by atoms with Crippen molar-refractivity contribution in [1.29, 1.82) is 0 Å². The Bertz CT molecular complexity index is 1260. The molecule has 2 aromatic carbocycles. The van der Waals surface area contributed by atoms with E-state index in [-0.39, 0.29) is 23.8 Å². The minimum atomic E-state index is -5.23. The predicted molar refractivity (Wildman–Crippen MR) is 125 cm³/mol. The van der Waals surface area contributed by atoms with Crippen LogP contribution in [-0.4, -0.2) is 41.3 Å². The van der Waals surface area contributed by atoms with Crippen LogP contribution < -0.4 is 5.32 Å². The topological polar surface area (TPSA) is 58.6 Å². The summed E-state index contributed by atoms with van der Waals surface area (Å²) in [5, 5.41) is 2.26. The van der Waals surface area contributed by atoms with Crippen LogP contribution in [0.5, 0.6) is 0 Å². The molecule has 15 heteroatoms. The summed E-state index contributed by atoms with van der Waals surface area (Å²) in [6, 6.07) is 0.869. The number of halogens is 10. The minimum Gasteiger partial charge on any atom is -0.444 e. The van der Waals surface area contributed by atoms with E-state index in [2.05, 4.69) is 5.32 Å². The molecule has 226 valence electrons. The maximum Gasteiger partial charge on any atom is 0.416 e. The first-order valence-corrected chi connectivity index (χ1v) is 12.0. The Hall–Kier alpha value is -3.52. The largest absolute Gasteiger partial charge is 0.444 e. The van der Waals surface area contributed by atoms with Crippen LogP contribution in [0.2, 0.25) is 0 Å². The number of carbonyl (C=O) groups excluding carboxylic acids is 2. The average molecular weight is 602 g/mol. The van der Waals surface area contributed by atoms with Gasteiger partial charge >= 0.3 is 24.6 Å². The van der Waals surface area contributed by atoms with Crippen molar-refractivity contribution in [3.8, 4) is 11.1 Å². The van der Waals surface area contributed by atoms with Crippen molar-refractivity contribution in [2.75, 3.05) is 6.54 Å². The molecule has 2 aromatic rings. The molecule has 0 saturated carbocycles. The number of carbonyl (C=O) groups is 2. The molecule has 5 nitrogen and oxygen atoms in total. The lowest BCUT2D eigenvalue weighted by atomic mass is 9.95. The number of benzene rings is 2. The standard InChI is InChI=1S/C26H24F10N2O3/c1-23(2,3)41-22(40)38-12-19(27)10-20(38)21(39)37-11-13-4-14(6-16(5-13)24(28,29)30)15-7-17(25(31,32)33)9-18(8-15)26(34,35)36/h4-9,19-20H,10-12H2,1-3H3,(H,37,39). The van der Waals surface area contributed by atoms with Crippen molar-refractivity contribution in [3.63, 3.8) is 0 Å². The number of nitrogens with zero attached hydrogens (tertiary/aromatic N) is 1. The van der Waals surface area contributed by atoms with Crippen LogP contribution in [0.15, 0.2) is 36.4 Å².